The van der Waals surface area contributed by atoms with E-state index in [1.54, 1.807) is 4.68 Å². The van der Waals surface area contributed by atoms with E-state index in [0.29, 0.717) is 6.42 Å². The molecule has 1 aromatic carbocycles. The van der Waals surface area contributed by atoms with Crippen LogP contribution in [0.3, 0.4) is 0 Å². The second-order valence-corrected chi connectivity index (χ2v) is 4.97. The third-order valence-electron chi connectivity index (χ3n) is 2.70. The molecule has 1 unspecified atom stereocenters. The Hall–Kier alpha value is -1.20. The van der Waals surface area contributed by atoms with Gasteiger partial charge < -0.3 is 5.73 Å². The van der Waals surface area contributed by atoms with Gasteiger partial charge >= 0.3 is 0 Å². The molecule has 1 aromatic heterocycles. The Labute approximate surface area is 109 Å². The lowest BCUT2D eigenvalue weighted by Gasteiger charge is -2.13. The molecule has 0 spiro atoms. The lowest BCUT2D eigenvalue weighted by Crippen LogP contribution is -2.14. The highest BCUT2D eigenvalue weighted by molar-refractivity contribution is 9.10. The third kappa shape index (κ3) is 2.73. The highest BCUT2D eigenvalue weighted by atomic mass is 79.9. The minimum Gasteiger partial charge on any atom is -0.324 e. The quantitative estimate of drug-likeness (QED) is 0.943. The molecule has 5 heteroatoms. The van der Waals surface area contributed by atoms with Gasteiger partial charge in [0.2, 0.25) is 0 Å². The number of halogens is 1. The Morgan fingerprint density at radius 1 is 1.47 bits per heavy atom. The Morgan fingerprint density at radius 3 is 2.88 bits per heavy atom. The maximum atomic E-state index is 6.20. The van der Waals surface area contributed by atoms with Gasteiger partial charge in [-0.3, -0.25) is 4.68 Å². The molecule has 90 valence electrons. The van der Waals surface area contributed by atoms with E-state index in [2.05, 4.69) is 39.2 Å². The van der Waals surface area contributed by atoms with Gasteiger partial charge in [-0.15, -0.1) is 5.10 Å². The zero-order chi connectivity index (χ0) is 12.4. The van der Waals surface area contributed by atoms with Crippen molar-refractivity contribution in [2.45, 2.75) is 19.4 Å². The lowest BCUT2D eigenvalue weighted by molar-refractivity contribution is 0.691. The molecule has 0 bridgehead atoms. The Balaban J connectivity index is 2.20. The van der Waals surface area contributed by atoms with Crippen molar-refractivity contribution < 1.29 is 0 Å². The molecule has 2 N–H and O–H groups in total. The largest absolute Gasteiger partial charge is 0.324 e. The summed E-state index contributed by atoms with van der Waals surface area (Å²) in [6.45, 7) is 2.06. The second kappa shape index (κ2) is 4.98. The normalized spacial score (nSPS) is 12.7. The van der Waals surface area contributed by atoms with Gasteiger partial charge in [-0.2, -0.15) is 0 Å². The van der Waals surface area contributed by atoms with E-state index in [-0.39, 0.29) is 6.04 Å². The zero-order valence-electron chi connectivity index (χ0n) is 9.89. The van der Waals surface area contributed by atoms with E-state index >= 15 is 0 Å². The van der Waals surface area contributed by atoms with Crippen LogP contribution in [0.1, 0.15) is 22.9 Å². The summed E-state index contributed by atoms with van der Waals surface area (Å²) in [5, 5.41) is 7.95. The third-order valence-corrected chi connectivity index (χ3v) is 3.78. The highest BCUT2D eigenvalue weighted by Gasteiger charge is 2.13. The van der Waals surface area contributed by atoms with Crippen LogP contribution in [0, 0.1) is 6.92 Å². The first kappa shape index (κ1) is 12.3. The first-order valence-electron chi connectivity index (χ1n) is 5.43. The maximum Gasteiger partial charge on any atom is 0.0845 e. The van der Waals surface area contributed by atoms with Crippen molar-refractivity contribution in [2.75, 3.05) is 0 Å². The standard InChI is InChI=1S/C12H15BrN4/c1-8-4-3-5-10(12(8)13)11(14)6-9-7-17(2)16-15-9/h3-5,7,11H,6,14H2,1-2H3. The van der Waals surface area contributed by atoms with E-state index in [9.17, 15) is 0 Å². The van der Waals surface area contributed by atoms with E-state index < -0.39 is 0 Å². The molecule has 2 rings (SSSR count). The number of hydrogen-bond acceptors (Lipinski definition) is 3. The molecule has 0 saturated heterocycles. The summed E-state index contributed by atoms with van der Waals surface area (Å²) in [6.07, 6.45) is 2.58. The molecular formula is C12H15BrN4. The fraction of sp³-hybridized carbons (Fsp3) is 0.333. The van der Waals surface area contributed by atoms with Crippen molar-refractivity contribution in [3.05, 3.63) is 45.7 Å². The predicted octanol–water partition coefficient (Wildman–Crippen LogP) is 2.13. The first-order chi connectivity index (χ1) is 8.08. The Bertz CT molecular complexity index is 521. The summed E-state index contributed by atoms with van der Waals surface area (Å²) in [7, 11) is 1.85. The van der Waals surface area contributed by atoms with Gasteiger partial charge in [0.05, 0.1) is 5.69 Å². The van der Waals surface area contributed by atoms with Crippen molar-refractivity contribution in [1.29, 1.82) is 0 Å². The van der Waals surface area contributed by atoms with Gasteiger partial charge in [0, 0.05) is 30.2 Å². The van der Waals surface area contributed by atoms with Crippen LogP contribution in [0.2, 0.25) is 0 Å². The van der Waals surface area contributed by atoms with Crippen LogP contribution < -0.4 is 5.73 Å². The predicted molar refractivity (Wildman–Crippen MR) is 70.5 cm³/mol. The van der Waals surface area contributed by atoms with E-state index in [0.717, 1.165) is 15.7 Å². The maximum absolute atomic E-state index is 6.20. The summed E-state index contributed by atoms with van der Waals surface area (Å²) in [6, 6.07) is 6.05. The molecule has 2 aromatic rings. The van der Waals surface area contributed by atoms with Gasteiger partial charge in [-0.05, 0) is 18.1 Å². The smallest absolute Gasteiger partial charge is 0.0845 e. The molecule has 1 heterocycles. The molecular weight excluding hydrogens is 280 g/mol. The van der Waals surface area contributed by atoms with Crippen LogP contribution in [0.25, 0.3) is 0 Å². The van der Waals surface area contributed by atoms with E-state index in [1.807, 2.05) is 25.4 Å². The number of nitrogens with two attached hydrogens (primary N) is 1. The Morgan fingerprint density at radius 2 is 2.24 bits per heavy atom. The van der Waals surface area contributed by atoms with Crippen molar-refractivity contribution in [3.8, 4) is 0 Å². The number of aryl methyl sites for hydroxylation is 2. The number of benzene rings is 1. The summed E-state index contributed by atoms with van der Waals surface area (Å²) < 4.78 is 2.77. The summed E-state index contributed by atoms with van der Waals surface area (Å²) in [5.74, 6) is 0. The van der Waals surface area contributed by atoms with Crippen LogP contribution in [-0.2, 0) is 13.5 Å². The van der Waals surface area contributed by atoms with Gasteiger partial charge in [0.15, 0.2) is 0 Å². The topological polar surface area (TPSA) is 56.7 Å². The summed E-state index contributed by atoms with van der Waals surface area (Å²) in [4.78, 5) is 0. The number of hydrogen-bond donors (Lipinski definition) is 1. The molecule has 0 aliphatic rings. The lowest BCUT2D eigenvalue weighted by atomic mass is 10.0. The molecule has 0 radical (unpaired) electrons. The SMILES string of the molecule is Cc1cccc(C(N)Cc2cn(C)nn2)c1Br. The van der Waals surface area contributed by atoms with E-state index in [1.165, 1.54) is 5.56 Å². The average Bonchev–Trinajstić information content (AvgIpc) is 2.68. The monoisotopic (exact) mass is 294 g/mol. The molecule has 0 amide bonds. The number of aromatic nitrogens is 3. The van der Waals surface area contributed by atoms with Crippen LogP contribution >= 0.6 is 15.9 Å². The first-order valence-corrected chi connectivity index (χ1v) is 6.23. The number of rotatable bonds is 3. The van der Waals surface area contributed by atoms with Crippen molar-refractivity contribution in [2.24, 2.45) is 12.8 Å². The summed E-state index contributed by atoms with van der Waals surface area (Å²) in [5.41, 5.74) is 9.41. The van der Waals surface area contributed by atoms with Crippen molar-refractivity contribution in [1.82, 2.24) is 15.0 Å². The van der Waals surface area contributed by atoms with Crippen LogP contribution in [0.15, 0.2) is 28.9 Å². The summed E-state index contributed by atoms with van der Waals surface area (Å²) >= 11 is 3.58. The minimum atomic E-state index is -0.0685. The van der Waals surface area contributed by atoms with Crippen molar-refractivity contribution >= 4 is 15.9 Å². The van der Waals surface area contributed by atoms with Crippen LogP contribution in [0.4, 0.5) is 0 Å². The van der Waals surface area contributed by atoms with Gasteiger partial charge in [0.25, 0.3) is 0 Å². The molecule has 17 heavy (non-hydrogen) atoms. The molecule has 0 fully saturated rings. The molecule has 1 atom stereocenters. The van der Waals surface area contributed by atoms with Crippen LogP contribution in [-0.4, -0.2) is 15.0 Å². The molecule has 4 nitrogen and oxygen atoms in total. The molecule has 0 aliphatic heterocycles. The minimum absolute atomic E-state index is 0.0685. The average molecular weight is 295 g/mol. The highest BCUT2D eigenvalue weighted by Crippen LogP contribution is 2.26. The van der Waals surface area contributed by atoms with Gasteiger partial charge in [0.1, 0.15) is 0 Å². The fourth-order valence-corrected chi connectivity index (χ4v) is 2.34. The van der Waals surface area contributed by atoms with E-state index in [4.69, 9.17) is 5.73 Å². The van der Waals surface area contributed by atoms with Gasteiger partial charge in [-0.25, -0.2) is 0 Å². The van der Waals surface area contributed by atoms with Gasteiger partial charge in [-0.1, -0.05) is 39.3 Å². The number of nitrogens with zero attached hydrogens (tertiary/aromatic N) is 3. The second-order valence-electron chi connectivity index (χ2n) is 4.17. The Kier molecular flexibility index (Phi) is 3.59. The van der Waals surface area contributed by atoms with Crippen LogP contribution in [0.5, 0.6) is 0 Å². The molecule has 0 saturated carbocycles. The fourth-order valence-electron chi connectivity index (χ4n) is 1.78. The molecule has 0 aliphatic carbocycles. The zero-order valence-corrected chi connectivity index (χ0v) is 11.5. The van der Waals surface area contributed by atoms with Crippen molar-refractivity contribution in [3.63, 3.8) is 0 Å².